The molecule has 1 aliphatic heterocycles. The van der Waals surface area contributed by atoms with Crippen LogP contribution in [0.4, 0.5) is 5.69 Å². The van der Waals surface area contributed by atoms with E-state index in [1.807, 2.05) is 50.3 Å². The first-order chi connectivity index (χ1) is 19.4. The number of aromatic nitrogens is 1. The molecule has 0 spiro atoms. The lowest BCUT2D eigenvalue weighted by Crippen LogP contribution is -2.40. The molecule has 212 valence electrons. The molecular formula is C31H37N3O5S. The number of carbonyl (C=O) groups excluding carboxylic acids is 1. The Kier molecular flexibility index (Phi) is 9.47. The van der Waals surface area contributed by atoms with Gasteiger partial charge in [-0.2, -0.15) is 0 Å². The van der Waals surface area contributed by atoms with Crippen LogP contribution >= 0.6 is 11.3 Å². The monoisotopic (exact) mass is 563 g/mol. The number of benzene rings is 2. The van der Waals surface area contributed by atoms with Crippen molar-refractivity contribution in [2.45, 2.75) is 47.6 Å². The summed E-state index contributed by atoms with van der Waals surface area (Å²) < 4.78 is 19.1. The van der Waals surface area contributed by atoms with Crippen LogP contribution in [0.2, 0.25) is 0 Å². The Labute approximate surface area is 238 Å². The van der Waals surface area contributed by atoms with Gasteiger partial charge in [0.1, 0.15) is 0 Å². The van der Waals surface area contributed by atoms with Crippen LogP contribution in [-0.4, -0.2) is 43.4 Å². The lowest BCUT2D eigenvalue weighted by Gasteiger charge is -2.25. The van der Waals surface area contributed by atoms with Crippen molar-refractivity contribution < 1.29 is 19.0 Å². The van der Waals surface area contributed by atoms with Crippen molar-refractivity contribution in [1.29, 1.82) is 0 Å². The molecule has 9 heteroatoms. The molecule has 0 saturated carbocycles. The number of allylic oxidation sites excluding steroid dienone is 1. The average Bonchev–Trinajstić information content (AvgIpc) is 3.24. The van der Waals surface area contributed by atoms with E-state index in [4.69, 9.17) is 14.2 Å². The van der Waals surface area contributed by atoms with Crippen LogP contribution in [0.1, 0.15) is 58.7 Å². The third-order valence-corrected chi connectivity index (χ3v) is 7.70. The fourth-order valence-electron chi connectivity index (χ4n) is 4.87. The maximum atomic E-state index is 13.9. The van der Waals surface area contributed by atoms with E-state index in [1.54, 1.807) is 18.4 Å². The Morgan fingerprint density at radius 2 is 1.65 bits per heavy atom. The second kappa shape index (κ2) is 13.0. The second-order valence-corrected chi connectivity index (χ2v) is 10.1. The van der Waals surface area contributed by atoms with Crippen LogP contribution in [-0.2, 0) is 9.53 Å². The highest BCUT2D eigenvalue weighted by Crippen LogP contribution is 2.36. The van der Waals surface area contributed by atoms with Gasteiger partial charge < -0.3 is 19.1 Å². The number of carbonyl (C=O) groups is 1. The summed E-state index contributed by atoms with van der Waals surface area (Å²) in [4.78, 5) is 34.6. The largest absolute Gasteiger partial charge is 0.490 e. The molecule has 0 N–H and O–H groups in total. The summed E-state index contributed by atoms with van der Waals surface area (Å²) in [7, 11) is 0. The van der Waals surface area contributed by atoms with Crippen LogP contribution in [0, 0.1) is 0 Å². The first-order valence-corrected chi connectivity index (χ1v) is 14.6. The topological polar surface area (TPSA) is 82.4 Å². The predicted molar refractivity (Wildman–Crippen MR) is 159 cm³/mol. The fourth-order valence-corrected chi connectivity index (χ4v) is 5.91. The summed E-state index contributed by atoms with van der Waals surface area (Å²) in [6.07, 6.45) is 1.88. The summed E-state index contributed by atoms with van der Waals surface area (Å²) in [5.41, 5.74) is 3.39. The first kappa shape index (κ1) is 29.1. The maximum absolute atomic E-state index is 13.9. The highest BCUT2D eigenvalue weighted by molar-refractivity contribution is 7.07. The fraction of sp³-hybridized carbons (Fsp3) is 0.387. The first-order valence-electron chi connectivity index (χ1n) is 13.8. The average molecular weight is 564 g/mol. The lowest BCUT2D eigenvalue weighted by atomic mass is 9.95. The number of thiazole rings is 1. The third kappa shape index (κ3) is 5.84. The summed E-state index contributed by atoms with van der Waals surface area (Å²) in [6, 6.07) is 12.9. The van der Waals surface area contributed by atoms with Gasteiger partial charge in [-0.15, -0.1) is 0 Å². The van der Waals surface area contributed by atoms with Crippen LogP contribution in [0.5, 0.6) is 11.5 Å². The molecule has 40 heavy (non-hydrogen) atoms. The molecule has 1 atom stereocenters. The minimum Gasteiger partial charge on any atom is -0.490 e. The number of hydrogen-bond acceptors (Lipinski definition) is 8. The number of rotatable bonds is 11. The Morgan fingerprint density at radius 1 is 0.975 bits per heavy atom. The van der Waals surface area contributed by atoms with Crippen molar-refractivity contribution in [2.75, 3.05) is 37.8 Å². The molecule has 2 heterocycles. The van der Waals surface area contributed by atoms with Gasteiger partial charge in [-0.05, 0) is 83.0 Å². The van der Waals surface area contributed by atoms with Gasteiger partial charge in [0.15, 0.2) is 16.3 Å². The van der Waals surface area contributed by atoms with Gasteiger partial charge >= 0.3 is 5.97 Å². The predicted octanol–water partition coefficient (Wildman–Crippen LogP) is 4.44. The molecule has 1 aliphatic rings. The standard InChI is InChI=1S/C31H37N3O5S/c1-7-33(8-2)23-15-12-21(13-16-23)18-26-29(35)34-28(22-14-17-24(37-9-3)25(19-22)38-10-4)27(30(36)39-11-5)20(6)32-31(34)40-26/h12-19,28H,7-11H2,1-6H3. The number of fused-ring (bicyclic) bond motifs is 1. The van der Waals surface area contributed by atoms with E-state index >= 15 is 0 Å². The Morgan fingerprint density at radius 3 is 2.27 bits per heavy atom. The number of nitrogens with zero attached hydrogens (tertiary/aromatic N) is 3. The summed E-state index contributed by atoms with van der Waals surface area (Å²) in [5.74, 6) is 0.657. The normalized spacial score (nSPS) is 14.9. The van der Waals surface area contributed by atoms with E-state index in [0.29, 0.717) is 50.9 Å². The molecule has 0 radical (unpaired) electrons. The molecule has 4 rings (SSSR count). The molecular weight excluding hydrogens is 526 g/mol. The van der Waals surface area contributed by atoms with Crippen LogP contribution < -0.4 is 29.3 Å². The Balaban J connectivity index is 1.88. The minimum absolute atomic E-state index is 0.212. The van der Waals surface area contributed by atoms with Crippen molar-refractivity contribution in [3.8, 4) is 11.5 Å². The van der Waals surface area contributed by atoms with Gasteiger partial charge in [0.05, 0.1) is 41.7 Å². The van der Waals surface area contributed by atoms with Gasteiger partial charge in [-0.1, -0.05) is 29.5 Å². The molecule has 0 fully saturated rings. The van der Waals surface area contributed by atoms with Crippen molar-refractivity contribution in [2.24, 2.45) is 4.99 Å². The van der Waals surface area contributed by atoms with E-state index in [9.17, 15) is 9.59 Å². The lowest BCUT2D eigenvalue weighted by molar-refractivity contribution is -0.139. The number of esters is 1. The van der Waals surface area contributed by atoms with Crippen molar-refractivity contribution in [3.63, 3.8) is 0 Å². The number of anilines is 1. The van der Waals surface area contributed by atoms with E-state index in [-0.39, 0.29) is 12.2 Å². The van der Waals surface area contributed by atoms with Crippen molar-refractivity contribution in [1.82, 2.24) is 4.57 Å². The van der Waals surface area contributed by atoms with Gasteiger partial charge in [0.25, 0.3) is 5.56 Å². The number of hydrogen-bond donors (Lipinski definition) is 0. The zero-order valence-corrected chi connectivity index (χ0v) is 24.8. The molecule has 8 nitrogen and oxygen atoms in total. The summed E-state index contributed by atoms with van der Waals surface area (Å²) >= 11 is 1.31. The minimum atomic E-state index is -0.725. The van der Waals surface area contributed by atoms with E-state index in [1.165, 1.54) is 11.3 Å². The van der Waals surface area contributed by atoms with Gasteiger partial charge in [-0.25, -0.2) is 9.79 Å². The van der Waals surface area contributed by atoms with Crippen LogP contribution in [0.15, 0.2) is 63.5 Å². The zero-order chi connectivity index (χ0) is 28.8. The third-order valence-electron chi connectivity index (χ3n) is 6.72. The highest BCUT2D eigenvalue weighted by Gasteiger charge is 2.34. The molecule has 0 amide bonds. The number of ether oxygens (including phenoxy) is 3. The quantitative estimate of drug-likeness (QED) is 0.321. The van der Waals surface area contributed by atoms with Crippen LogP contribution in [0.25, 0.3) is 6.08 Å². The van der Waals surface area contributed by atoms with Gasteiger partial charge in [0.2, 0.25) is 0 Å². The molecule has 1 unspecified atom stereocenters. The second-order valence-electron chi connectivity index (χ2n) is 9.14. The maximum Gasteiger partial charge on any atom is 0.338 e. The van der Waals surface area contributed by atoms with E-state index in [2.05, 4.69) is 35.9 Å². The molecule has 0 bridgehead atoms. The molecule has 0 saturated heterocycles. The molecule has 2 aromatic carbocycles. The van der Waals surface area contributed by atoms with Gasteiger partial charge in [0, 0.05) is 18.8 Å². The van der Waals surface area contributed by atoms with E-state index < -0.39 is 12.0 Å². The molecule has 3 aromatic rings. The zero-order valence-electron chi connectivity index (χ0n) is 24.0. The SMILES string of the molecule is CCOC(=O)C1=C(C)N=c2sc(=Cc3ccc(N(CC)CC)cc3)c(=O)n2C1c1ccc(OCC)c(OCC)c1. The summed E-state index contributed by atoms with van der Waals surface area (Å²) in [6.45, 7) is 14.6. The molecule has 1 aromatic heterocycles. The van der Waals surface area contributed by atoms with Crippen molar-refractivity contribution >= 4 is 29.1 Å². The smallest absolute Gasteiger partial charge is 0.338 e. The van der Waals surface area contributed by atoms with Gasteiger partial charge in [-0.3, -0.25) is 9.36 Å². The molecule has 0 aliphatic carbocycles. The van der Waals surface area contributed by atoms with E-state index in [0.717, 1.165) is 24.3 Å². The van der Waals surface area contributed by atoms with Crippen molar-refractivity contribution in [3.05, 3.63) is 84.5 Å². The Hall–Kier alpha value is -3.85. The van der Waals surface area contributed by atoms with Crippen LogP contribution in [0.3, 0.4) is 0 Å². The summed E-state index contributed by atoms with van der Waals surface area (Å²) in [5, 5.41) is 0. The highest BCUT2D eigenvalue weighted by atomic mass is 32.1. The Bertz CT molecular complexity index is 1570.